The van der Waals surface area contributed by atoms with E-state index in [-0.39, 0.29) is 11.7 Å². The molecule has 2 N–H and O–H groups in total. The Kier molecular flexibility index (Phi) is 6.46. The van der Waals surface area contributed by atoms with Crippen LogP contribution in [0.3, 0.4) is 0 Å². The Morgan fingerprint density at radius 1 is 1.46 bits per heavy atom. The molecule has 2 aromatic rings. The maximum Gasteiger partial charge on any atom is 0.235 e. The van der Waals surface area contributed by atoms with E-state index in [0.717, 1.165) is 43.5 Å². The van der Waals surface area contributed by atoms with Crippen LogP contribution >= 0.6 is 23.1 Å². The highest BCUT2D eigenvalue weighted by molar-refractivity contribution is 7.99. The fourth-order valence-electron chi connectivity index (χ4n) is 3.54. The van der Waals surface area contributed by atoms with Gasteiger partial charge in [0.25, 0.3) is 0 Å². The number of anilines is 1. The molecule has 0 radical (unpaired) electrons. The normalized spacial score (nSPS) is 16.5. The van der Waals surface area contributed by atoms with E-state index in [9.17, 15) is 10.1 Å². The number of nitriles is 1. The van der Waals surface area contributed by atoms with Crippen molar-refractivity contribution >= 4 is 34.0 Å². The van der Waals surface area contributed by atoms with E-state index in [4.69, 9.17) is 0 Å². The summed E-state index contributed by atoms with van der Waals surface area (Å²) in [6.07, 6.45) is 4.95. The average Bonchev–Trinajstić information content (AvgIpc) is 3.29. The van der Waals surface area contributed by atoms with Crippen LogP contribution in [-0.4, -0.2) is 26.8 Å². The first-order valence-corrected chi connectivity index (χ1v) is 11.6. The van der Waals surface area contributed by atoms with Gasteiger partial charge in [0.05, 0.1) is 11.3 Å². The number of carbonyl (C=O) groups is 1. The molecule has 1 amide bonds. The maximum atomic E-state index is 12.4. The van der Waals surface area contributed by atoms with E-state index in [0.29, 0.717) is 27.1 Å². The topological polar surface area (TPSA) is 94.5 Å². The van der Waals surface area contributed by atoms with Crippen LogP contribution in [0.5, 0.6) is 0 Å². The van der Waals surface area contributed by atoms with Crippen LogP contribution in [0.2, 0.25) is 0 Å². The molecular weight excluding hydrogens is 390 g/mol. The minimum absolute atomic E-state index is 0.131. The molecular formula is C20H27N5OS2. The first kappa shape index (κ1) is 20.9. The molecule has 0 bridgehead atoms. The fraction of sp³-hybridized carbons (Fsp3) is 0.600. The van der Waals surface area contributed by atoms with Gasteiger partial charge in [-0.2, -0.15) is 5.26 Å². The van der Waals surface area contributed by atoms with Gasteiger partial charge >= 0.3 is 0 Å². The summed E-state index contributed by atoms with van der Waals surface area (Å²) in [6, 6.07) is 2.32. The van der Waals surface area contributed by atoms with Gasteiger partial charge in [0, 0.05) is 11.3 Å². The van der Waals surface area contributed by atoms with Gasteiger partial charge < -0.3 is 5.32 Å². The number of nitrogens with one attached hydrogen (secondary N) is 2. The van der Waals surface area contributed by atoms with Crippen LogP contribution in [0, 0.1) is 22.7 Å². The van der Waals surface area contributed by atoms with E-state index in [2.05, 4.69) is 47.3 Å². The molecule has 1 atom stereocenters. The zero-order valence-corrected chi connectivity index (χ0v) is 18.5. The number of nitrogens with zero attached hydrogens (tertiary/aromatic N) is 3. The van der Waals surface area contributed by atoms with Gasteiger partial charge in [0.15, 0.2) is 0 Å². The number of aryl methyl sites for hydroxylation is 1. The second-order valence-electron chi connectivity index (χ2n) is 7.86. The number of thiophene rings is 1. The van der Waals surface area contributed by atoms with Crippen molar-refractivity contribution in [3.05, 3.63) is 21.8 Å². The monoisotopic (exact) mass is 417 g/mol. The number of amides is 1. The number of carbonyl (C=O) groups excluding carboxylic acids is 1. The molecule has 0 spiro atoms. The van der Waals surface area contributed by atoms with Crippen LogP contribution in [0.4, 0.5) is 5.00 Å². The summed E-state index contributed by atoms with van der Waals surface area (Å²) < 4.78 is 0. The summed E-state index contributed by atoms with van der Waals surface area (Å²) in [5.41, 5.74) is 2.08. The van der Waals surface area contributed by atoms with Gasteiger partial charge in [0.2, 0.25) is 11.1 Å². The SMILES string of the molecule is CCc1nc(SCC(=O)Nc2sc3c(c2C#N)CC[C@H](C(C)(C)CC)C3)n[nH]1. The minimum Gasteiger partial charge on any atom is -0.316 e. The molecule has 0 fully saturated rings. The predicted octanol–water partition coefficient (Wildman–Crippen LogP) is 4.57. The Labute approximate surface area is 174 Å². The Hall–Kier alpha value is -1.85. The molecule has 1 aliphatic carbocycles. The van der Waals surface area contributed by atoms with Gasteiger partial charge in [-0.15, -0.1) is 16.4 Å². The van der Waals surface area contributed by atoms with Crippen LogP contribution in [-0.2, 0) is 24.1 Å². The number of aromatic amines is 1. The standard InChI is InChI=1S/C20H27N5OS2/c1-5-16-22-19(25-24-16)27-11-17(26)23-18-14(10-21)13-8-7-12(9-15(13)28-18)20(3,4)6-2/h12H,5-9,11H2,1-4H3,(H,23,26)(H,22,24,25)/t12-/m0/s1. The molecule has 0 unspecified atom stereocenters. The molecule has 2 heterocycles. The Morgan fingerprint density at radius 3 is 2.89 bits per heavy atom. The first-order valence-electron chi connectivity index (χ1n) is 9.76. The minimum atomic E-state index is -0.131. The molecule has 3 rings (SSSR count). The molecule has 6 nitrogen and oxygen atoms in total. The van der Waals surface area contributed by atoms with E-state index >= 15 is 0 Å². The van der Waals surface area contributed by atoms with Crippen molar-refractivity contribution in [2.75, 3.05) is 11.1 Å². The lowest BCUT2D eigenvalue weighted by Crippen LogP contribution is -2.28. The largest absolute Gasteiger partial charge is 0.316 e. The predicted molar refractivity (Wildman–Crippen MR) is 114 cm³/mol. The van der Waals surface area contributed by atoms with Gasteiger partial charge in [-0.25, -0.2) is 4.98 Å². The Morgan fingerprint density at radius 2 is 2.25 bits per heavy atom. The summed E-state index contributed by atoms with van der Waals surface area (Å²) in [4.78, 5) is 18.0. The van der Waals surface area contributed by atoms with E-state index in [1.165, 1.54) is 16.6 Å². The highest BCUT2D eigenvalue weighted by Gasteiger charge is 2.34. The second kappa shape index (κ2) is 8.66. The summed E-state index contributed by atoms with van der Waals surface area (Å²) in [6.45, 7) is 8.89. The third-order valence-electron chi connectivity index (χ3n) is 5.82. The number of rotatable bonds is 7. The Bertz CT molecular complexity index is 893. The summed E-state index contributed by atoms with van der Waals surface area (Å²) in [5.74, 6) is 1.52. The lowest BCUT2D eigenvalue weighted by molar-refractivity contribution is -0.113. The number of fused-ring (bicyclic) bond motifs is 1. The van der Waals surface area contributed by atoms with Gasteiger partial charge in [-0.1, -0.05) is 45.9 Å². The summed E-state index contributed by atoms with van der Waals surface area (Å²) in [5, 5.41) is 20.8. The highest BCUT2D eigenvalue weighted by Crippen LogP contribution is 2.45. The summed E-state index contributed by atoms with van der Waals surface area (Å²) >= 11 is 2.87. The highest BCUT2D eigenvalue weighted by atomic mass is 32.2. The molecule has 0 aromatic carbocycles. The number of H-pyrrole nitrogens is 1. The van der Waals surface area contributed by atoms with Gasteiger partial charge in [-0.05, 0) is 36.2 Å². The van der Waals surface area contributed by atoms with E-state index < -0.39 is 0 Å². The van der Waals surface area contributed by atoms with Crippen molar-refractivity contribution in [3.8, 4) is 6.07 Å². The molecule has 28 heavy (non-hydrogen) atoms. The van der Waals surface area contributed by atoms with E-state index in [1.54, 1.807) is 11.3 Å². The molecule has 150 valence electrons. The molecule has 2 aromatic heterocycles. The smallest absolute Gasteiger partial charge is 0.235 e. The molecule has 0 aliphatic heterocycles. The number of thioether (sulfide) groups is 1. The van der Waals surface area contributed by atoms with Crippen molar-refractivity contribution in [1.82, 2.24) is 15.2 Å². The molecule has 1 aliphatic rings. The molecule has 0 saturated carbocycles. The third kappa shape index (κ3) is 4.41. The van der Waals surface area contributed by atoms with Crippen LogP contribution < -0.4 is 5.32 Å². The van der Waals surface area contributed by atoms with Crippen molar-refractivity contribution in [3.63, 3.8) is 0 Å². The quantitative estimate of drug-likeness (QED) is 0.643. The number of hydrogen-bond donors (Lipinski definition) is 2. The average molecular weight is 418 g/mol. The van der Waals surface area contributed by atoms with E-state index in [1.807, 2.05) is 6.92 Å². The van der Waals surface area contributed by atoms with Crippen LogP contribution in [0.15, 0.2) is 5.16 Å². The van der Waals surface area contributed by atoms with Gasteiger partial charge in [0.1, 0.15) is 16.9 Å². The number of aromatic nitrogens is 3. The fourth-order valence-corrected chi connectivity index (χ4v) is 5.45. The van der Waals surface area contributed by atoms with Crippen molar-refractivity contribution < 1.29 is 4.79 Å². The summed E-state index contributed by atoms with van der Waals surface area (Å²) in [7, 11) is 0. The van der Waals surface area contributed by atoms with Crippen molar-refractivity contribution in [2.45, 2.75) is 65.0 Å². The Balaban J connectivity index is 1.68. The lowest BCUT2D eigenvalue weighted by Gasteiger charge is -2.36. The second-order valence-corrected chi connectivity index (χ2v) is 9.90. The zero-order chi connectivity index (χ0) is 20.3. The van der Waals surface area contributed by atoms with Crippen molar-refractivity contribution in [1.29, 1.82) is 5.26 Å². The molecule has 8 heteroatoms. The van der Waals surface area contributed by atoms with Crippen LogP contribution in [0.1, 0.15) is 62.4 Å². The van der Waals surface area contributed by atoms with Gasteiger partial charge in [-0.3, -0.25) is 9.89 Å². The molecule has 0 saturated heterocycles. The van der Waals surface area contributed by atoms with Crippen molar-refractivity contribution in [2.24, 2.45) is 11.3 Å². The lowest BCUT2D eigenvalue weighted by atomic mass is 9.69. The first-order chi connectivity index (χ1) is 13.4. The maximum absolute atomic E-state index is 12.4. The van der Waals surface area contributed by atoms with Crippen LogP contribution in [0.25, 0.3) is 0 Å². The zero-order valence-electron chi connectivity index (χ0n) is 16.9. The number of hydrogen-bond acceptors (Lipinski definition) is 6. The third-order valence-corrected chi connectivity index (χ3v) is 7.84.